The minimum absolute atomic E-state index is 0.225. The molecule has 3 nitrogen and oxygen atoms in total. The van der Waals surface area contributed by atoms with Gasteiger partial charge in [0.05, 0.1) is 6.61 Å². The van der Waals surface area contributed by atoms with E-state index in [2.05, 4.69) is 4.74 Å². The number of ether oxygens (including phenoxy) is 1. The van der Waals surface area contributed by atoms with E-state index in [0.29, 0.717) is 13.2 Å². The zero-order valence-electron chi connectivity index (χ0n) is 5.04. The molecular weight excluding hydrogens is 118 g/mol. The van der Waals surface area contributed by atoms with E-state index in [9.17, 15) is 4.79 Å². The van der Waals surface area contributed by atoms with Gasteiger partial charge in [0.15, 0.2) is 0 Å². The van der Waals surface area contributed by atoms with E-state index in [-0.39, 0.29) is 11.9 Å². The van der Waals surface area contributed by atoms with Crippen LogP contribution in [0.1, 0.15) is 0 Å². The van der Waals surface area contributed by atoms with Gasteiger partial charge in [-0.3, -0.25) is 0 Å². The minimum atomic E-state index is -0.264. The number of cyclic esters (lactones) is 1. The summed E-state index contributed by atoms with van der Waals surface area (Å²) in [4.78, 5) is 10.4. The van der Waals surface area contributed by atoms with E-state index < -0.39 is 0 Å². The number of hydrogen-bond acceptors (Lipinski definition) is 3. The Labute approximate surface area is 53.5 Å². The molecule has 50 valence electrons. The SMILES string of the molecule is NC[C@@H]1C=CC(=O)OC1. The minimum Gasteiger partial charge on any atom is -0.462 e. The lowest BCUT2D eigenvalue weighted by molar-refractivity contribution is -0.139. The molecule has 0 aromatic carbocycles. The lowest BCUT2D eigenvalue weighted by Gasteiger charge is -2.13. The Morgan fingerprint density at radius 2 is 2.67 bits per heavy atom. The third kappa shape index (κ3) is 1.54. The zero-order chi connectivity index (χ0) is 6.69. The van der Waals surface area contributed by atoms with Crippen LogP contribution >= 0.6 is 0 Å². The van der Waals surface area contributed by atoms with Crippen molar-refractivity contribution in [3.8, 4) is 0 Å². The average molecular weight is 127 g/mol. The highest BCUT2D eigenvalue weighted by molar-refractivity contribution is 5.82. The molecule has 0 fully saturated rings. The van der Waals surface area contributed by atoms with Crippen molar-refractivity contribution in [2.45, 2.75) is 0 Å². The van der Waals surface area contributed by atoms with Gasteiger partial charge in [-0.25, -0.2) is 4.79 Å². The molecule has 1 aliphatic rings. The van der Waals surface area contributed by atoms with Gasteiger partial charge in [0.25, 0.3) is 0 Å². The second kappa shape index (κ2) is 2.64. The molecule has 0 unspecified atom stereocenters. The Balaban J connectivity index is 2.48. The smallest absolute Gasteiger partial charge is 0.330 e. The summed E-state index contributed by atoms with van der Waals surface area (Å²) in [5.41, 5.74) is 5.31. The molecule has 1 heterocycles. The van der Waals surface area contributed by atoms with Crippen LogP contribution in [-0.2, 0) is 9.53 Å². The fourth-order valence-corrected chi connectivity index (χ4v) is 0.654. The van der Waals surface area contributed by atoms with Gasteiger partial charge in [-0.15, -0.1) is 0 Å². The van der Waals surface area contributed by atoms with Crippen LogP contribution < -0.4 is 5.73 Å². The number of esters is 1. The zero-order valence-corrected chi connectivity index (χ0v) is 5.04. The molecule has 2 N–H and O–H groups in total. The van der Waals surface area contributed by atoms with Gasteiger partial charge in [0.1, 0.15) is 0 Å². The first-order valence-electron chi connectivity index (χ1n) is 2.88. The van der Waals surface area contributed by atoms with Gasteiger partial charge < -0.3 is 10.5 Å². The predicted molar refractivity (Wildman–Crippen MR) is 32.6 cm³/mol. The summed E-state index contributed by atoms with van der Waals surface area (Å²) in [7, 11) is 0. The number of nitrogens with two attached hydrogens (primary N) is 1. The first-order valence-corrected chi connectivity index (χ1v) is 2.88. The highest BCUT2D eigenvalue weighted by atomic mass is 16.5. The maximum Gasteiger partial charge on any atom is 0.330 e. The van der Waals surface area contributed by atoms with E-state index in [0.717, 1.165) is 0 Å². The van der Waals surface area contributed by atoms with E-state index in [1.165, 1.54) is 6.08 Å². The predicted octanol–water partition coefficient (Wildman–Crippen LogP) is -0.326. The van der Waals surface area contributed by atoms with Crippen molar-refractivity contribution in [2.24, 2.45) is 11.7 Å². The molecule has 0 radical (unpaired) electrons. The van der Waals surface area contributed by atoms with Crippen LogP contribution in [0, 0.1) is 5.92 Å². The molecule has 3 heteroatoms. The summed E-state index contributed by atoms with van der Waals surface area (Å²) in [6, 6.07) is 0. The lowest BCUT2D eigenvalue weighted by Crippen LogP contribution is -2.23. The largest absolute Gasteiger partial charge is 0.462 e. The van der Waals surface area contributed by atoms with Crippen molar-refractivity contribution in [1.29, 1.82) is 0 Å². The molecule has 9 heavy (non-hydrogen) atoms. The van der Waals surface area contributed by atoms with Crippen LogP contribution in [-0.4, -0.2) is 19.1 Å². The Kier molecular flexibility index (Phi) is 1.85. The van der Waals surface area contributed by atoms with E-state index in [4.69, 9.17) is 5.73 Å². The Morgan fingerprint density at radius 1 is 1.89 bits per heavy atom. The second-order valence-corrected chi connectivity index (χ2v) is 1.98. The molecule has 0 aromatic rings. The maximum absolute atomic E-state index is 10.4. The van der Waals surface area contributed by atoms with Crippen molar-refractivity contribution >= 4 is 5.97 Å². The van der Waals surface area contributed by atoms with Gasteiger partial charge in [-0.05, 0) is 0 Å². The molecule has 0 spiro atoms. The molecule has 1 aliphatic heterocycles. The fraction of sp³-hybridized carbons (Fsp3) is 0.500. The molecule has 0 aromatic heterocycles. The topological polar surface area (TPSA) is 52.3 Å². The quantitative estimate of drug-likeness (QED) is 0.491. The molecule has 0 saturated carbocycles. The molecule has 1 rings (SSSR count). The van der Waals surface area contributed by atoms with Crippen LogP contribution in [0.5, 0.6) is 0 Å². The summed E-state index contributed by atoms with van der Waals surface area (Å²) < 4.78 is 4.68. The number of carbonyl (C=O) groups is 1. The van der Waals surface area contributed by atoms with Crippen LogP contribution in [0.4, 0.5) is 0 Å². The Bertz CT molecular complexity index is 142. The summed E-state index contributed by atoms with van der Waals surface area (Å²) in [6.45, 7) is 0.982. The van der Waals surface area contributed by atoms with Gasteiger partial charge in [-0.1, -0.05) is 6.08 Å². The van der Waals surface area contributed by atoms with E-state index >= 15 is 0 Å². The van der Waals surface area contributed by atoms with Crippen molar-refractivity contribution in [3.05, 3.63) is 12.2 Å². The standard InChI is InChI=1S/C6H9NO2/c7-3-5-1-2-6(8)9-4-5/h1-2,5H,3-4,7H2/t5-/m0/s1. The summed E-state index contributed by atoms with van der Waals surface area (Å²) in [5, 5.41) is 0. The average Bonchev–Trinajstić information content (AvgIpc) is 1.90. The first kappa shape index (κ1) is 6.29. The monoisotopic (exact) mass is 127 g/mol. The third-order valence-electron chi connectivity index (χ3n) is 1.25. The van der Waals surface area contributed by atoms with E-state index in [1.807, 2.05) is 0 Å². The van der Waals surface area contributed by atoms with Gasteiger partial charge in [0, 0.05) is 18.5 Å². The Hall–Kier alpha value is -0.830. The van der Waals surface area contributed by atoms with Gasteiger partial charge >= 0.3 is 5.97 Å². The summed E-state index contributed by atoms with van der Waals surface area (Å²) in [5.74, 6) is -0.0394. The number of rotatable bonds is 1. The number of hydrogen-bond donors (Lipinski definition) is 1. The fourth-order valence-electron chi connectivity index (χ4n) is 0.654. The number of carbonyl (C=O) groups excluding carboxylic acids is 1. The highest BCUT2D eigenvalue weighted by Gasteiger charge is 2.10. The van der Waals surface area contributed by atoms with Gasteiger partial charge in [-0.2, -0.15) is 0 Å². The molecule has 0 bridgehead atoms. The Morgan fingerprint density at radius 3 is 3.11 bits per heavy atom. The first-order chi connectivity index (χ1) is 4.33. The molecular formula is C6H9NO2. The molecule has 0 saturated heterocycles. The van der Waals surface area contributed by atoms with Crippen molar-refractivity contribution < 1.29 is 9.53 Å². The molecule has 0 aliphatic carbocycles. The third-order valence-corrected chi connectivity index (χ3v) is 1.25. The maximum atomic E-state index is 10.4. The van der Waals surface area contributed by atoms with Crippen LogP contribution in [0.2, 0.25) is 0 Å². The second-order valence-electron chi connectivity index (χ2n) is 1.98. The van der Waals surface area contributed by atoms with Crippen molar-refractivity contribution in [2.75, 3.05) is 13.2 Å². The van der Waals surface area contributed by atoms with Crippen LogP contribution in [0.15, 0.2) is 12.2 Å². The normalized spacial score (nSPS) is 25.9. The van der Waals surface area contributed by atoms with Crippen LogP contribution in [0.25, 0.3) is 0 Å². The summed E-state index contributed by atoms with van der Waals surface area (Å²) >= 11 is 0. The summed E-state index contributed by atoms with van der Waals surface area (Å²) in [6.07, 6.45) is 3.20. The highest BCUT2D eigenvalue weighted by Crippen LogP contribution is 2.03. The van der Waals surface area contributed by atoms with Gasteiger partial charge in [0.2, 0.25) is 0 Å². The molecule has 1 atom stereocenters. The van der Waals surface area contributed by atoms with Crippen LogP contribution in [0.3, 0.4) is 0 Å². The van der Waals surface area contributed by atoms with Crippen molar-refractivity contribution in [1.82, 2.24) is 0 Å². The molecule has 0 amide bonds. The van der Waals surface area contributed by atoms with E-state index in [1.54, 1.807) is 6.08 Å². The lowest BCUT2D eigenvalue weighted by atomic mass is 10.1. The van der Waals surface area contributed by atoms with Crippen molar-refractivity contribution in [3.63, 3.8) is 0 Å².